The van der Waals surface area contributed by atoms with E-state index in [-0.39, 0.29) is 45.5 Å². The first-order valence-corrected chi connectivity index (χ1v) is 11.2. The Kier molecular flexibility index (Phi) is 6.47. The SMILES string of the molecule is C[C@@H]1CC[C@H]2C(=O)N(c3cccc(C(=O)OCC(=O)c4ccc(Cl)c([N+](=O)[O-])c4)c3)C(=O)[C@@H]2C1. The smallest absolute Gasteiger partial charge is 0.338 e. The van der Waals surface area contributed by atoms with Crippen LogP contribution in [0.1, 0.15) is 46.9 Å². The number of hydrogen-bond donors (Lipinski definition) is 0. The maximum Gasteiger partial charge on any atom is 0.338 e. The van der Waals surface area contributed by atoms with Gasteiger partial charge >= 0.3 is 5.97 Å². The predicted molar refractivity (Wildman–Crippen MR) is 122 cm³/mol. The number of amides is 2. The van der Waals surface area contributed by atoms with Crippen molar-refractivity contribution in [3.05, 3.63) is 68.7 Å². The molecule has 2 amide bonds. The number of ether oxygens (including phenoxy) is 1. The summed E-state index contributed by atoms with van der Waals surface area (Å²) < 4.78 is 5.08. The van der Waals surface area contributed by atoms with Crippen LogP contribution in [0.4, 0.5) is 11.4 Å². The summed E-state index contributed by atoms with van der Waals surface area (Å²) in [5.41, 5.74) is -0.105. The molecule has 0 radical (unpaired) electrons. The molecule has 2 fully saturated rings. The number of fused-ring (bicyclic) bond motifs is 1. The summed E-state index contributed by atoms with van der Waals surface area (Å²) in [7, 11) is 0. The van der Waals surface area contributed by atoms with Gasteiger partial charge in [0.2, 0.25) is 17.6 Å². The van der Waals surface area contributed by atoms with Crippen molar-refractivity contribution in [1.29, 1.82) is 0 Å². The summed E-state index contributed by atoms with van der Waals surface area (Å²) in [6.45, 7) is 1.42. The van der Waals surface area contributed by atoms with Crippen LogP contribution in [-0.4, -0.2) is 35.1 Å². The molecule has 0 aromatic heterocycles. The molecule has 0 bridgehead atoms. The van der Waals surface area contributed by atoms with E-state index in [4.69, 9.17) is 16.3 Å². The van der Waals surface area contributed by atoms with Crippen molar-refractivity contribution < 1.29 is 28.8 Å². The summed E-state index contributed by atoms with van der Waals surface area (Å²) >= 11 is 5.75. The summed E-state index contributed by atoms with van der Waals surface area (Å²) in [6.07, 6.45) is 2.23. The maximum atomic E-state index is 12.9. The van der Waals surface area contributed by atoms with E-state index in [1.54, 1.807) is 6.07 Å². The van der Waals surface area contributed by atoms with Crippen LogP contribution >= 0.6 is 11.6 Å². The molecule has 9 nitrogen and oxygen atoms in total. The first-order valence-electron chi connectivity index (χ1n) is 10.8. The lowest BCUT2D eigenvalue weighted by atomic mass is 9.76. The zero-order valence-corrected chi connectivity index (χ0v) is 19.0. The van der Waals surface area contributed by atoms with Crippen molar-refractivity contribution in [1.82, 2.24) is 0 Å². The van der Waals surface area contributed by atoms with Crippen molar-refractivity contribution in [3.63, 3.8) is 0 Å². The molecule has 1 heterocycles. The van der Waals surface area contributed by atoms with Gasteiger partial charge in [-0.05, 0) is 55.5 Å². The van der Waals surface area contributed by atoms with E-state index in [2.05, 4.69) is 6.92 Å². The fourth-order valence-electron chi connectivity index (χ4n) is 4.54. The zero-order valence-electron chi connectivity index (χ0n) is 18.2. The second-order valence-corrected chi connectivity index (χ2v) is 9.02. The van der Waals surface area contributed by atoms with Crippen LogP contribution in [0.15, 0.2) is 42.5 Å². The second kappa shape index (κ2) is 9.34. The molecule has 3 atom stereocenters. The first-order chi connectivity index (χ1) is 16.2. The molecule has 176 valence electrons. The Morgan fingerprint density at radius 1 is 1.09 bits per heavy atom. The van der Waals surface area contributed by atoms with E-state index in [1.807, 2.05) is 0 Å². The van der Waals surface area contributed by atoms with Crippen molar-refractivity contribution in [2.45, 2.75) is 26.2 Å². The number of carbonyl (C=O) groups excluding carboxylic acids is 4. The van der Waals surface area contributed by atoms with Crippen LogP contribution in [0.3, 0.4) is 0 Å². The highest BCUT2D eigenvalue weighted by Gasteiger charge is 2.50. The van der Waals surface area contributed by atoms with Gasteiger partial charge in [0.1, 0.15) is 5.02 Å². The molecule has 10 heteroatoms. The molecule has 0 spiro atoms. The Morgan fingerprint density at radius 3 is 2.56 bits per heavy atom. The first kappa shape index (κ1) is 23.6. The Morgan fingerprint density at radius 2 is 1.82 bits per heavy atom. The number of esters is 1. The lowest BCUT2D eigenvalue weighted by Gasteiger charge is -2.25. The summed E-state index contributed by atoms with van der Waals surface area (Å²) in [4.78, 5) is 62.2. The number of carbonyl (C=O) groups is 4. The van der Waals surface area contributed by atoms with E-state index in [0.29, 0.717) is 18.8 Å². The number of halogens is 1. The molecular formula is C24H21ClN2O7. The predicted octanol–water partition coefficient (Wildman–Crippen LogP) is 4.21. The number of benzene rings is 2. The maximum absolute atomic E-state index is 12.9. The van der Waals surface area contributed by atoms with E-state index < -0.39 is 29.0 Å². The van der Waals surface area contributed by atoms with Crippen molar-refractivity contribution >= 4 is 46.5 Å². The minimum Gasteiger partial charge on any atom is -0.454 e. The Balaban J connectivity index is 1.46. The molecule has 2 aromatic rings. The van der Waals surface area contributed by atoms with Crippen LogP contribution in [-0.2, 0) is 14.3 Å². The zero-order chi connectivity index (χ0) is 24.6. The van der Waals surface area contributed by atoms with Crippen molar-refractivity contribution in [2.75, 3.05) is 11.5 Å². The number of Topliss-reactive ketones (excluding diaryl/α,β-unsaturated/α-hetero) is 1. The average Bonchev–Trinajstić information content (AvgIpc) is 3.06. The highest BCUT2D eigenvalue weighted by Crippen LogP contribution is 2.42. The Hall–Kier alpha value is -3.59. The van der Waals surface area contributed by atoms with Gasteiger partial charge in [0.25, 0.3) is 5.69 Å². The van der Waals surface area contributed by atoms with Crippen LogP contribution in [0, 0.1) is 27.9 Å². The van der Waals surface area contributed by atoms with Gasteiger partial charge in [-0.25, -0.2) is 4.79 Å². The third kappa shape index (κ3) is 4.43. The molecule has 2 aliphatic rings. The molecule has 1 aliphatic carbocycles. The molecule has 1 saturated carbocycles. The Bertz CT molecular complexity index is 1210. The molecule has 0 N–H and O–H groups in total. The van der Waals surface area contributed by atoms with Crippen LogP contribution in [0.25, 0.3) is 0 Å². The van der Waals surface area contributed by atoms with Gasteiger partial charge in [-0.2, -0.15) is 0 Å². The van der Waals surface area contributed by atoms with Crippen molar-refractivity contribution in [2.24, 2.45) is 17.8 Å². The number of anilines is 1. The molecule has 34 heavy (non-hydrogen) atoms. The van der Waals surface area contributed by atoms with E-state index in [0.717, 1.165) is 17.4 Å². The van der Waals surface area contributed by atoms with Crippen LogP contribution in [0.2, 0.25) is 5.02 Å². The highest BCUT2D eigenvalue weighted by molar-refractivity contribution is 6.32. The Labute approximate surface area is 199 Å². The van der Waals surface area contributed by atoms with E-state index >= 15 is 0 Å². The molecule has 4 rings (SSSR count). The third-order valence-electron chi connectivity index (χ3n) is 6.33. The summed E-state index contributed by atoms with van der Waals surface area (Å²) in [5, 5.41) is 10.9. The third-order valence-corrected chi connectivity index (χ3v) is 6.65. The van der Waals surface area contributed by atoms with Crippen molar-refractivity contribution in [3.8, 4) is 0 Å². The quantitative estimate of drug-likeness (QED) is 0.198. The number of ketones is 1. The number of imide groups is 1. The normalized spacial score (nSPS) is 21.8. The minimum absolute atomic E-state index is 0.0252. The summed E-state index contributed by atoms with van der Waals surface area (Å²) in [6, 6.07) is 9.48. The van der Waals surface area contributed by atoms with E-state index in [1.165, 1.54) is 30.3 Å². The fraction of sp³-hybridized carbons (Fsp3) is 0.333. The monoisotopic (exact) mass is 484 g/mol. The standard InChI is InChI=1S/C24H21ClN2O7/c1-13-5-7-17-18(9-13)23(30)26(22(17)29)16-4-2-3-15(10-16)24(31)34-12-21(28)14-6-8-19(25)20(11-14)27(32)33/h2-4,6,8,10-11,13,17-18H,5,7,9,12H2,1H3/t13-,17-,18-/m1/s1. The largest absolute Gasteiger partial charge is 0.454 e. The van der Waals surface area contributed by atoms with Gasteiger partial charge in [0.05, 0.1) is 28.0 Å². The van der Waals surface area contributed by atoms with Crippen LogP contribution in [0.5, 0.6) is 0 Å². The number of nitrogens with zero attached hydrogens (tertiary/aromatic N) is 2. The van der Waals surface area contributed by atoms with Gasteiger partial charge in [-0.1, -0.05) is 24.6 Å². The second-order valence-electron chi connectivity index (χ2n) is 8.62. The molecule has 1 aliphatic heterocycles. The van der Waals surface area contributed by atoms with Gasteiger partial charge in [0.15, 0.2) is 6.61 Å². The molecular weight excluding hydrogens is 464 g/mol. The molecule has 2 aromatic carbocycles. The lowest BCUT2D eigenvalue weighted by molar-refractivity contribution is -0.384. The van der Waals surface area contributed by atoms with Gasteiger partial charge < -0.3 is 4.74 Å². The number of nitro groups is 1. The highest BCUT2D eigenvalue weighted by atomic mass is 35.5. The number of nitro benzene ring substituents is 1. The fourth-order valence-corrected chi connectivity index (χ4v) is 4.73. The van der Waals surface area contributed by atoms with Crippen LogP contribution < -0.4 is 4.90 Å². The summed E-state index contributed by atoms with van der Waals surface area (Å²) in [5.74, 6) is -2.29. The minimum atomic E-state index is -0.830. The molecule has 1 saturated heterocycles. The number of rotatable bonds is 6. The van der Waals surface area contributed by atoms with Gasteiger partial charge in [-0.15, -0.1) is 0 Å². The number of hydrogen-bond acceptors (Lipinski definition) is 7. The van der Waals surface area contributed by atoms with Gasteiger partial charge in [-0.3, -0.25) is 29.4 Å². The van der Waals surface area contributed by atoms with Gasteiger partial charge in [0, 0.05) is 11.6 Å². The topological polar surface area (TPSA) is 124 Å². The molecule has 0 unspecified atom stereocenters. The lowest BCUT2D eigenvalue weighted by Crippen LogP contribution is -2.31. The average molecular weight is 485 g/mol. The van der Waals surface area contributed by atoms with E-state index in [9.17, 15) is 29.3 Å².